The van der Waals surface area contributed by atoms with Crippen molar-refractivity contribution in [2.24, 2.45) is 0 Å². The van der Waals surface area contributed by atoms with Gasteiger partial charge in [-0.25, -0.2) is 0 Å². The van der Waals surface area contributed by atoms with E-state index in [2.05, 4.69) is 5.32 Å². The van der Waals surface area contributed by atoms with Crippen molar-refractivity contribution in [1.82, 2.24) is 5.32 Å². The Balaban J connectivity index is 2.33. The van der Waals surface area contributed by atoms with Gasteiger partial charge in [0.2, 0.25) is 0 Å². The Morgan fingerprint density at radius 3 is 2.38 bits per heavy atom. The van der Waals surface area contributed by atoms with Crippen molar-refractivity contribution in [3.63, 3.8) is 0 Å². The van der Waals surface area contributed by atoms with Gasteiger partial charge in [-0.1, -0.05) is 25.7 Å². The van der Waals surface area contributed by atoms with Crippen LogP contribution in [0.15, 0.2) is 0 Å². The number of hydrogen-bond acceptors (Lipinski definition) is 4. The summed E-state index contributed by atoms with van der Waals surface area (Å²) in [6, 6.07) is 0.247. The molecule has 0 aromatic carbocycles. The molecule has 124 valence electrons. The van der Waals surface area contributed by atoms with Crippen molar-refractivity contribution in [3.8, 4) is 0 Å². The summed E-state index contributed by atoms with van der Waals surface area (Å²) >= 11 is 0. The van der Waals surface area contributed by atoms with Crippen LogP contribution in [0.1, 0.15) is 72.1 Å². The Kier molecular flexibility index (Phi) is 8.27. The molecular weight excluding hydrogens is 266 g/mol. The van der Waals surface area contributed by atoms with Crippen molar-refractivity contribution >= 4 is 5.97 Å². The lowest BCUT2D eigenvalue weighted by Crippen LogP contribution is -2.53. The smallest absolute Gasteiger partial charge is 0.325 e. The number of nitrogens with one attached hydrogen (secondary N) is 1. The normalized spacial score (nSPS) is 20.0. The van der Waals surface area contributed by atoms with E-state index in [1.807, 2.05) is 20.8 Å². The van der Waals surface area contributed by atoms with E-state index in [0.29, 0.717) is 6.10 Å². The highest BCUT2D eigenvalue weighted by molar-refractivity contribution is 5.80. The number of methoxy groups -OCH3 is 1. The van der Waals surface area contributed by atoms with Gasteiger partial charge in [-0.2, -0.15) is 0 Å². The van der Waals surface area contributed by atoms with Crippen LogP contribution in [0.4, 0.5) is 0 Å². The average molecular weight is 299 g/mol. The summed E-state index contributed by atoms with van der Waals surface area (Å²) in [5, 5.41) is 3.33. The number of carbonyl (C=O) groups excluding carboxylic acids is 1. The van der Waals surface area contributed by atoms with E-state index in [-0.39, 0.29) is 12.0 Å². The Hall–Kier alpha value is -0.610. The SMILES string of the molecule is COC(=O)C(C)(CCCOC1CCCCCC1)NC(C)C. The molecule has 1 fully saturated rings. The quantitative estimate of drug-likeness (QED) is 0.424. The molecule has 1 saturated carbocycles. The minimum absolute atomic E-state index is 0.189. The third-order valence-electron chi connectivity index (χ3n) is 4.22. The van der Waals surface area contributed by atoms with Gasteiger partial charge in [-0.15, -0.1) is 0 Å². The summed E-state index contributed by atoms with van der Waals surface area (Å²) in [5.41, 5.74) is -0.615. The van der Waals surface area contributed by atoms with Crippen LogP contribution in [-0.2, 0) is 14.3 Å². The molecule has 21 heavy (non-hydrogen) atoms. The van der Waals surface area contributed by atoms with Crippen molar-refractivity contribution in [2.45, 2.75) is 89.8 Å². The minimum atomic E-state index is -0.615. The summed E-state index contributed by atoms with van der Waals surface area (Å²) in [4.78, 5) is 12.0. The lowest BCUT2D eigenvalue weighted by molar-refractivity contribution is -0.148. The second-order valence-corrected chi connectivity index (χ2v) is 6.71. The molecule has 1 atom stereocenters. The molecule has 0 aliphatic heterocycles. The second kappa shape index (κ2) is 9.42. The summed E-state index contributed by atoms with van der Waals surface area (Å²) in [6.07, 6.45) is 9.70. The van der Waals surface area contributed by atoms with E-state index in [9.17, 15) is 4.79 Å². The summed E-state index contributed by atoms with van der Waals surface area (Å²) in [6.45, 7) is 6.74. The highest BCUT2D eigenvalue weighted by Gasteiger charge is 2.34. The number of esters is 1. The van der Waals surface area contributed by atoms with Gasteiger partial charge < -0.3 is 9.47 Å². The Labute approximate surface area is 130 Å². The molecule has 4 heteroatoms. The van der Waals surface area contributed by atoms with Gasteiger partial charge in [0, 0.05) is 12.6 Å². The number of carbonyl (C=O) groups is 1. The van der Waals surface area contributed by atoms with Crippen molar-refractivity contribution in [3.05, 3.63) is 0 Å². The zero-order chi connectivity index (χ0) is 15.7. The first-order chi connectivity index (χ1) is 9.98. The van der Waals surface area contributed by atoms with Crippen molar-refractivity contribution < 1.29 is 14.3 Å². The molecule has 1 N–H and O–H groups in total. The van der Waals surface area contributed by atoms with Crippen molar-refractivity contribution in [1.29, 1.82) is 0 Å². The van der Waals surface area contributed by atoms with Gasteiger partial charge in [0.25, 0.3) is 0 Å². The highest BCUT2D eigenvalue weighted by Crippen LogP contribution is 2.21. The molecule has 0 aromatic heterocycles. The topological polar surface area (TPSA) is 47.6 Å². The zero-order valence-corrected chi connectivity index (χ0v) is 14.2. The van der Waals surface area contributed by atoms with Crippen LogP contribution >= 0.6 is 0 Å². The minimum Gasteiger partial charge on any atom is -0.468 e. The molecule has 0 radical (unpaired) electrons. The molecule has 1 aliphatic carbocycles. The molecule has 1 aliphatic rings. The van der Waals surface area contributed by atoms with Crippen LogP contribution in [0.25, 0.3) is 0 Å². The first-order valence-corrected chi connectivity index (χ1v) is 8.45. The van der Waals surface area contributed by atoms with E-state index in [1.54, 1.807) is 0 Å². The van der Waals surface area contributed by atoms with Gasteiger partial charge in [-0.05, 0) is 46.5 Å². The summed E-state index contributed by atoms with van der Waals surface area (Å²) in [5.74, 6) is -0.189. The van der Waals surface area contributed by atoms with E-state index in [1.165, 1.54) is 45.6 Å². The second-order valence-electron chi connectivity index (χ2n) is 6.71. The van der Waals surface area contributed by atoms with Gasteiger partial charge in [-0.3, -0.25) is 10.1 Å². The molecular formula is C17H33NO3. The lowest BCUT2D eigenvalue weighted by Gasteiger charge is -2.30. The Morgan fingerprint density at radius 2 is 1.86 bits per heavy atom. The molecule has 0 spiro atoms. The third kappa shape index (κ3) is 6.79. The van der Waals surface area contributed by atoms with Crippen LogP contribution < -0.4 is 5.32 Å². The van der Waals surface area contributed by atoms with Crippen LogP contribution in [0.5, 0.6) is 0 Å². The van der Waals surface area contributed by atoms with E-state index >= 15 is 0 Å². The maximum absolute atomic E-state index is 12.0. The predicted molar refractivity (Wildman–Crippen MR) is 85.4 cm³/mol. The van der Waals surface area contributed by atoms with Gasteiger partial charge in [0.05, 0.1) is 13.2 Å². The molecule has 0 aromatic rings. The number of hydrogen-bond donors (Lipinski definition) is 1. The maximum Gasteiger partial charge on any atom is 0.325 e. The Morgan fingerprint density at radius 1 is 1.24 bits per heavy atom. The van der Waals surface area contributed by atoms with Crippen LogP contribution in [0.2, 0.25) is 0 Å². The predicted octanol–water partition coefficient (Wildman–Crippen LogP) is 3.44. The number of ether oxygens (including phenoxy) is 2. The lowest BCUT2D eigenvalue weighted by atomic mass is 9.95. The van der Waals surface area contributed by atoms with Gasteiger partial charge >= 0.3 is 5.97 Å². The number of rotatable bonds is 8. The van der Waals surface area contributed by atoms with Gasteiger partial charge in [0.1, 0.15) is 5.54 Å². The summed E-state index contributed by atoms with van der Waals surface area (Å²) in [7, 11) is 1.45. The standard InChI is InChI=1S/C17H33NO3/c1-14(2)18-17(3,16(19)20-4)12-9-13-21-15-10-7-5-6-8-11-15/h14-15,18H,5-13H2,1-4H3. The van der Waals surface area contributed by atoms with E-state index in [0.717, 1.165) is 19.4 Å². The zero-order valence-electron chi connectivity index (χ0n) is 14.2. The summed E-state index contributed by atoms with van der Waals surface area (Å²) < 4.78 is 10.9. The third-order valence-corrected chi connectivity index (χ3v) is 4.22. The first kappa shape index (κ1) is 18.4. The van der Waals surface area contributed by atoms with E-state index in [4.69, 9.17) is 9.47 Å². The fourth-order valence-corrected chi connectivity index (χ4v) is 3.18. The van der Waals surface area contributed by atoms with Crippen LogP contribution in [0.3, 0.4) is 0 Å². The molecule has 1 unspecified atom stereocenters. The van der Waals surface area contributed by atoms with E-state index < -0.39 is 5.54 Å². The van der Waals surface area contributed by atoms with Crippen LogP contribution in [-0.4, -0.2) is 37.4 Å². The monoisotopic (exact) mass is 299 g/mol. The maximum atomic E-state index is 12.0. The first-order valence-electron chi connectivity index (χ1n) is 8.45. The average Bonchev–Trinajstić information content (AvgIpc) is 2.70. The van der Waals surface area contributed by atoms with Crippen molar-refractivity contribution in [2.75, 3.05) is 13.7 Å². The van der Waals surface area contributed by atoms with Gasteiger partial charge in [0.15, 0.2) is 0 Å². The molecule has 0 heterocycles. The molecule has 0 bridgehead atoms. The molecule has 4 nitrogen and oxygen atoms in total. The molecule has 1 rings (SSSR count). The fourth-order valence-electron chi connectivity index (χ4n) is 3.18. The fraction of sp³-hybridized carbons (Fsp3) is 0.941. The largest absolute Gasteiger partial charge is 0.468 e. The molecule has 0 saturated heterocycles. The highest BCUT2D eigenvalue weighted by atomic mass is 16.5. The molecule has 0 amide bonds. The van der Waals surface area contributed by atoms with Crippen LogP contribution in [0, 0.1) is 0 Å². The Bertz CT molecular complexity index is 298.